The van der Waals surface area contributed by atoms with Crippen LogP contribution in [0.4, 0.5) is 0 Å². The Morgan fingerprint density at radius 2 is 2.04 bits per heavy atom. The van der Waals surface area contributed by atoms with Crippen molar-refractivity contribution >= 4 is 17.7 Å². The van der Waals surface area contributed by atoms with E-state index in [1.165, 1.54) is 5.56 Å². The van der Waals surface area contributed by atoms with Gasteiger partial charge in [-0.1, -0.05) is 18.2 Å². The number of likely N-dealkylation sites (tertiary alicyclic amines) is 1. The molecule has 1 aromatic carbocycles. The standard InChI is InChI=1S/C19H23N3O2S/c1-25-14-17(23)21-10-8-19(9-11-21)18-15(7-12-24-19)13-22(20-18)16-5-3-2-4-6-16/h2-6,13H,7-12,14H2,1H3. The average Bonchev–Trinajstić information content (AvgIpc) is 3.09. The molecule has 0 radical (unpaired) electrons. The first-order valence-electron chi connectivity index (χ1n) is 8.77. The first-order chi connectivity index (χ1) is 12.2. The zero-order valence-electron chi connectivity index (χ0n) is 14.5. The molecule has 2 aromatic rings. The van der Waals surface area contributed by atoms with Crippen LogP contribution in [0.25, 0.3) is 5.69 Å². The lowest BCUT2D eigenvalue weighted by atomic mass is 9.84. The number of amides is 1. The van der Waals surface area contributed by atoms with Crippen LogP contribution in [0.15, 0.2) is 36.5 Å². The summed E-state index contributed by atoms with van der Waals surface area (Å²) in [4.78, 5) is 14.1. The van der Waals surface area contributed by atoms with Crippen molar-refractivity contribution in [3.8, 4) is 5.69 Å². The Labute approximate surface area is 152 Å². The van der Waals surface area contributed by atoms with Gasteiger partial charge in [-0.05, 0) is 43.2 Å². The third-order valence-electron chi connectivity index (χ3n) is 5.18. The zero-order valence-corrected chi connectivity index (χ0v) is 15.3. The number of piperidine rings is 1. The summed E-state index contributed by atoms with van der Waals surface area (Å²) in [6.45, 7) is 2.22. The van der Waals surface area contributed by atoms with Gasteiger partial charge in [0.1, 0.15) is 5.60 Å². The zero-order chi connectivity index (χ0) is 17.3. The minimum absolute atomic E-state index is 0.230. The van der Waals surface area contributed by atoms with Crippen LogP contribution >= 0.6 is 11.8 Å². The second-order valence-corrected chi connectivity index (χ2v) is 7.56. The van der Waals surface area contributed by atoms with Crippen LogP contribution in [0.3, 0.4) is 0 Å². The van der Waals surface area contributed by atoms with Gasteiger partial charge in [0.05, 0.1) is 23.7 Å². The lowest BCUT2D eigenvalue weighted by Crippen LogP contribution is -2.48. The van der Waals surface area contributed by atoms with Crippen molar-refractivity contribution in [1.82, 2.24) is 14.7 Å². The predicted molar refractivity (Wildman–Crippen MR) is 99.1 cm³/mol. The van der Waals surface area contributed by atoms with Gasteiger partial charge in [-0.3, -0.25) is 4.79 Å². The van der Waals surface area contributed by atoms with E-state index < -0.39 is 0 Å². The van der Waals surface area contributed by atoms with E-state index in [0.29, 0.717) is 5.75 Å². The molecular weight excluding hydrogens is 334 g/mol. The highest BCUT2D eigenvalue weighted by Gasteiger charge is 2.44. The Morgan fingerprint density at radius 1 is 1.28 bits per heavy atom. The minimum atomic E-state index is -0.330. The number of para-hydroxylation sites is 1. The maximum atomic E-state index is 12.1. The van der Waals surface area contributed by atoms with Crippen LogP contribution in [-0.4, -0.2) is 52.3 Å². The van der Waals surface area contributed by atoms with Crippen molar-refractivity contribution in [2.75, 3.05) is 31.7 Å². The summed E-state index contributed by atoms with van der Waals surface area (Å²) in [6, 6.07) is 10.2. The lowest BCUT2D eigenvalue weighted by Gasteiger charge is -2.43. The third kappa shape index (κ3) is 3.09. The molecule has 1 saturated heterocycles. The van der Waals surface area contributed by atoms with Crippen molar-refractivity contribution in [2.24, 2.45) is 0 Å². The summed E-state index contributed by atoms with van der Waals surface area (Å²) < 4.78 is 8.22. The molecule has 4 rings (SSSR count). The summed E-state index contributed by atoms with van der Waals surface area (Å²) in [5.74, 6) is 0.787. The van der Waals surface area contributed by atoms with E-state index in [0.717, 1.165) is 50.3 Å². The average molecular weight is 357 g/mol. The SMILES string of the molecule is CSCC(=O)N1CCC2(CC1)OCCc1cn(-c3ccccc3)nc12. The number of carbonyl (C=O) groups excluding carboxylic acids is 1. The van der Waals surface area contributed by atoms with E-state index >= 15 is 0 Å². The fourth-order valence-corrected chi connectivity index (χ4v) is 4.26. The van der Waals surface area contributed by atoms with Gasteiger partial charge in [0.2, 0.25) is 5.91 Å². The van der Waals surface area contributed by atoms with E-state index in [-0.39, 0.29) is 11.5 Å². The number of hydrogen-bond donors (Lipinski definition) is 0. The fourth-order valence-electron chi connectivity index (χ4n) is 3.83. The van der Waals surface area contributed by atoms with E-state index in [2.05, 4.69) is 18.3 Å². The molecule has 0 saturated carbocycles. The van der Waals surface area contributed by atoms with Crippen LogP contribution in [0.1, 0.15) is 24.1 Å². The van der Waals surface area contributed by atoms with Gasteiger partial charge in [0, 0.05) is 19.3 Å². The number of benzene rings is 1. The van der Waals surface area contributed by atoms with Crippen LogP contribution in [0.2, 0.25) is 0 Å². The van der Waals surface area contributed by atoms with Crippen molar-refractivity contribution in [1.29, 1.82) is 0 Å². The normalized spacial score (nSPS) is 19.0. The van der Waals surface area contributed by atoms with Crippen LogP contribution in [-0.2, 0) is 21.6 Å². The van der Waals surface area contributed by atoms with Crippen molar-refractivity contribution in [3.63, 3.8) is 0 Å². The molecule has 1 aromatic heterocycles. The Balaban J connectivity index is 1.58. The van der Waals surface area contributed by atoms with Gasteiger partial charge >= 0.3 is 0 Å². The summed E-state index contributed by atoms with van der Waals surface area (Å²) in [6.07, 6.45) is 6.66. The second kappa shape index (κ2) is 6.84. The van der Waals surface area contributed by atoms with Crippen molar-refractivity contribution < 1.29 is 9.53 Å². The largest absolute Gasteiger partial charge is 0.368 e. The first-order valence-corrected chi connectivity index (χ1v) is 10.2. The molecule has 2 aliphatic heterocycles. The maximum Gasteiger partial charge on any atom is 0.232 e. The molecule has 0 unspecified atom stereocenters. The maximum absolute atomic E-state index is 12.1. The van der Waals surface area contributed by atoms with Crippen LogP contribution in [0, 0.1) is 0 Å². The summed E-state index contributed by atoms with van der Waals surface area (Å²) in [5.41, 5.74) is 3.09. The molecule has 0 atom stereocenters. The van der Waals surface area contributed by atoms with Crippen LogP contribution in [0.5, 0.6) is 0 Å². The quantitative estimate of drug-likeness (QED) is 0.847. The number of rotatable bonds is 3. The lowest BCUT2D eigenvalue weighted by molar-refractivity contribution is -0.138. The fraction of sp³-hybridized carbons (Fsp3) is 0.474. The Kier molecular flexibility index (Phi) is 4.56. The van der Waals surface area contributed by atoms with E-state index in [9.17, 15) is 4.79 Å². The monoisotopic (exact) mass is 357 g/mol. The minimum Gasteiger partial charge on any atom is -0.368 e. The highest BCUT2D eigenvalue weighted by atomic mass is 32.2. The van der Waals surface area contributed by atoms with Gasteiger partial charge < -0.3 is 9.64 Å². The second-order valence-electron chi connectivity index (χ2n) is 6.69. The molecule has 132 valence electrons. The number of carbonyl (C=O) groups is 1. The Bertz CT molecular complexity index is 751. The van der Waals surface area contributed by atoms with E-state index in [1.807, 2.05) is 34.0 Å². The molecule has 5 nitrogen and oxygen atoms in total. The highest BCUT2D eigenvalue weighted by Crippen LogP contribution is 2.41. The number of fused-ring (bicyclic) bond motifs is 2. The van der Waals surface area contributed by atoms with Crippen molar-refractivity contribution in [3.05, 3.63) is 47.8 Å². The molecule has 0 N–H and O–H groups in total. The molecule has 0 aliphatic carbocycles. The topological polar surface area (TPSA) is 47.4 Å². The molecular formula is C19H23N3O2S. The number of aromatic nitrogens is 2. The number of thioether (sulfide) groups is 1. The van der Waals surface area contributed by atoms with E-state index in [1.54, 1.807) is 11.8 Å². The molecule has 25 heavy (non-hydrogen) atoms. The number of nitrogens with zero attached hydrogens (tertiary/aromatic N) is 3. The molecule has 2 aliphatic rings. The summed E-state index contributed by atoms with van der Waals surface area (Å²) in [5, 5.41) is 4.89. The third-order valence-corrected chi connectivity index (χ3v) is 5.72. The number of ether oxygens (including phenoxy) is 1. The smallest absolute Gasteiger partial charge is 0.232 e. The molecule has 1 fully saturated rings. The van der Waals surface area contributed by atoms with Crippen LogP contribution < -0.4 is 0 Å². The molecule has 1 spiro atoms. The first kappa shape index (κ1) is 16.7. The van der Waals surface area contributed by atoms with Gasteiger partial charge in [0.15, 0.2) is 0 Å². The molecule has 1 amide bonds. The molecule has 3 heterocycles. The van der Waals surface area contributed by atoms with Crippen molar-refractivity contribution in [2.45, 2.75) is 24.9 Å². The summed E-state index contributed by atoms with van der Waals surface area (Å²) in [7, 11) is 0. The summed E-state index contributed by atoms with van der Waals surface area (Å²) >= 11 is 1.58. The Morgan fingerprint density at radius 3 is 2.76 bits per heavy atom. The van der Waals surface area contributed by atoms with Gasteiger partial charge in [0.25, 0.3) is 0 Å². The highest BCUT2D eigenvalue weighted by molar-refractivity contribution is 7.99. The Hall–Kier alpha value is -1.79. The molecule has 0 bridgehead atoms. The van der Waals surface area contributed by atoms with Gasteiger partial charge in [-0.15, -0.1) is 0 Å². The van der Waals surface area contributed by atoms with E-state index in [4.69, 9.17) is 9.84 Å². The predicted octanol–water partition coefficient (Wildman–Crippen LogP) is 2.63. The molecule has 6 heteroatoms. The van der Waals surface area contributed by atoms with Gasteiger partial charge in [-0.2, -0.15) is 16.9 Å². The van der Waals surface area contributed by atoms with Gasteiger partial charge in [-0.25, -0.2) is 4.68 Å². The number of hydrogen-bond acceptors (Lipinski definition) is 4.